The minimum Gasteiger partial charge on any atom is -0.354 e. The highest BCUT2D eigenvalue weighted by atomic mass is 35.5. The molecule has 1 N–H and O–H groups in total. The van der Waals surface area contributed by atoms with Crippen LogP contribution in [-0.2, 0) is 0 Å². The van der Waals surface area contributed by atoms with E-state index < -0.39 is 0 Å². The first kappa shape index (κ1) is 11.6. The zero-order chi connectivity index (χ0) is 12.3. The Balaban J connectivity index is 2.30. The van der Waals surface area contributed by atoms with Crippen molar-refractivity contribution in [3.63, 3.8) is 0 Å². The van der Waals surface area contributed by atoms with Gasteiger partial charge >= 0.3 is 0 Å². The Morgan fingerprint density at radius 2 is 2.12 bits per heavy atom. The monoisotopic (exact) mass is 246 g/mol. The van der Waals surface area contributed by atoms with E-state index in [-0.39, 0.29) is 5.78 Å². The number of carbonyl (C=O) groups excluding carboxylic acids is 1. The molecule has 0 amide bonds. The molecule has 0 spiro atoms. The van der Waals surface area contributed by atoms with Gasteiger partial charge in [-0.1, -0.05) is 11.6 Å². The van der Waals surface area contributed by atoms with Crippen molar-refractivity contribution in [1.29, 1.82) is 0 Å². The van der Waals surface area contributed by atoms with Gasteiger partial charge in [0.15, 0.2) is 5.78 Å². The van der Waals surface area contributed by atoms with Crippen molar-refractivity contribution in [2.75, 3.05) is 5.32 Å². The van der Waals surface area contributed by atoms with E-state index in [9.17, 15) is 4.79 Å². The second-order valence-corrected chi connectivity index (χ2v) is 4.09. The molecule has 86 valence electrons. The van der Waals surface area contributed by atoms with Gasteiger partial charge in [-0.2, -0.15) is 0 Å². The SMILES string of the molecule is CC(=O)c1cc(Cl)cc(Nc2cccnc2)c1. The zero-order valence-corrected chi connectivity index (χ0v) is 10.0. The molecular formula is C13H11ClN2O. The fourth-order valence-corrected chi connectivity index (χ4v) is 1.70. The second-order valence-electron chi connectivity index (χ2n) is 3.65. The maximum absolute atomic E-state index is 11.3. The van der Waals surface area contributed by atoms with Crippen molar-refractivity contribution in [3.8, 4) is 0 Å². The number of pyridine rings is 1. The standard InChI is InChI=1S/C13H11ClN2O/c1-9(17)10-5-11(14)7-13(6-10)16-12-3-2-4-15-8-12/h2-8,16H,1H3. The largest absolute Gasteiger partial charge is 0.354 e. The average molecular weight is 247 g/mol. The molecule has 0 aliphatic carbocycles. The Kier molecular flexibility index (Phi) is 3.40. The number of Topliss-reactive ketones (excluding diaryl/α,β-unsaturated/α-hetero) is 1. The Bertz CT molecular complexity index is 540. The van der Waals surface area contributed by atoms with Crippen LogP contribution in [0, 0.1) is 0 Å². The molecule has 1 aromatic heterocycles. The fourth-order valence-electron chi connectivity index (χ4n) is 1.47. The average Bonchev–Trinajstić information content (AvgIpc) is 2.29. The maximum Gasteiger partial charge on any atom is 0.159 e. The molecule has 0 aliphatic rings. The van der Waals surface area contributed by atoms with E-state index in [1.165, 1.54) is 6.92 Å². The number of halogens is 1. The molecule has 17 heavy (non-hydrogen) atoms. The molecule has 0 fully saturated rings. The molecule has 1 aromatic carbocycles. The van der Waals surface area contributed by atoms with Gasteiger partial charge in [0.1, 0.15) is 0 Å². The molecule has 0 bridgehead atoms. The third kappa shape index (κ3) is 3.04. The van der Waals surface area contributed by atoms with E-state index in [4.69, 9.17) is 11.6 Å². The number of nitrogens with one attached hydrogen (secondary N) is 1. The van der Waals surface area contributed by atoms with Crippen molar-refractivity contribution in [3.05, 3.63) is 53.3 Å². The third-order valence-electron chi connectivity index (χ3n) is 2.25. The van der Waals surface area contributed by atoms with Crippen molar-refractivity contribution >= 4 is 28.8 Å². The third-order valence-corrected chi connectivity index (χ3v) is 2.47. The topological polar surface area (TPSA) is 42.0 Å². The Labute approximate surface area is 104 Å². The molecule has 2 rings (SSSR count). The maximum atomic E-state index is 11.3. The lowest BCUT2D eigenvalue weighted by molar-refractivity contribution is 0.101. The summed E-state index contributed by atoms with van der Waals surface area (Å²) in [6.45, 7) is 1.51. The number of aromatic nitrogens is 1. The Hall–Kier alpha value is -1.87. The quantitative estimate of drug-likeness (QED) is 0.840. The lowest BCUT2D eigenvalue weighted by atomic mass is 10.1. The van der Waals surface area contributed by atoms with Crippen LogP contribution in [0.2, 0.25) is 5.02 Å². The van der Waals surface area contributed by atoms with E-state index in [0.29, 0.717) is 10.6 Å². The van der Waals surface area contributed by atoms with Crippen molar-refractivity contribution in [1.82, 2.24) is 4.98 Å². The lowest BCUT2D eigenvalue weighted by Crippen LogP contribution is -1.96. The summed E-state index contributed by atoms with van der Waals surface area (Å²) in [7, 11) is 0. The number of rotatable bonds is 3. The smallest absolute Gasteiger partial charge is 0.159 e. The van der Waals surface area contributed by atoms with E-state index in [1.54, 1.807) is 30.6 Å². The van der Waals surface area contributed by atoms with Gasteiger partial charge in [0, 0.05) is 22.5 Å². The van der Waals surface area contributed by atoms with Gasteiger partial charge < -0.3 is 5.32 Å². The van der Waals surface area contributed by atoms with E-state index in [1.807, 2.05) is 12.1 Å². The van der Waals surface area contributed by atoms with Crippen molar-refractivity contribution in [2.24, 2.45) is 0 Å². The van der Waals surface area contributed by atoms with Crippen LogP contribution in [0.15, 0.2) is 42.7 Å². The van der Waals surface area contributed by atoms with Gasteiger partial charge in [-0.05, 0) is 37.3 Å². The lowest BCUT2D eigenvalue weighted by Gasteiger charge is -2.07. The molecule has 0 saturated heterocycles. The minimum absolute atomic E-state index is 0.0123. The van der Waals surface area contributed by atoms with Gasteiger partial charge in [0.05, 0.1) is 11.9 Å². The van der Waals surface area contributed by atoms with Crippen LogP contribution >= 0.6 is 11.6 Å². The van der Waals surface area contributed by atoms with E-state index in [0.717, 1.165) is 11.4 Å². The Morgan fingerprint density at radius 3 is 2.76 bits per heavy atom. The molecule has 2 aromatic rings. The molecule has 3 nitrogen and oxygen atoms in total. The van der Waals surface area contributed by atoms with Crippen LogP contribution in [0.25, 0.3) is 0 Å². The highest BCUT2D eigenvalue weighted by molar-refractivity contribution is 6.31. The number of nitrogens with zero attached hydrogens (tertiary/aromatic N) is 1. The van der Waals surface area contributed by atoms with Crippen LogP contribution in [0.1, 0.15) is 17.3 Å². The van der Waals surface area contributed by atoms with Gasteiger partial charge in [0.25, 0.3) is 0 Å². The summed E-state index contributed by atoms with van der Waals surface area (Å²) in [5, 5.41) is 3.67. The minimum atomic E-state index is -0.0123. The van der Waals surface area contributed by atoms with Crippen molar-refractivity contribution in [2.45, 2.75) is 6.92 Å². The predicted molar refractivity (Wildman–Crippen MR) is 69.0 cm³/mol. The van der Waals surface area contributed by atoms with Gasteiger partial charge in [-0.15, -0.1) is 0 Å². The van der Waals surface area contributed by atoms with Gasteiger partial charge in [0.2, 0.25) is 0 Å². The Morgan fingerprint density at radius 1 is 1.29 bits per heavy atom. The summed E-state index contributed by atoms with van der Waals surface area (Å²) in [4.78, 5) is 15.3. The van der Waals surface area contributed by atoms with Crippen LogP contribution in [-0.4, -0.2) is 10.8 Å². The normalized spacial score (nSPS) is 10.0. The first-order valence-corrected chi connectivity index (χ1v) is 5.51. The predicted octanol–water partition coefficient (Wildman–Crippen LogP) is 3.68. The first-order chi connectivity index (χ1) is 8.15. The summed E-state index contributed by atoms with van der Waals surface area (Å²) in [6.07, 6.45) is 3.40. The molecule has 0 unspecified atom stereocenters. The number of carbonyl (C=O) groups is 1. The summed E-state index contributed by atoms with van der Waals surface area (Å²) in [5.41, 5.74) is 2.21. The summed E-state index contributed by atoms with van der Waals surface area (Å²) in [6, 6.07) is 8.90. The number of hydrogen-bond acceptors (Lipinski definition) is 3. The summed E-state index contributed by atoms with van der Waals surface area (Å²) >= 11 is 5.95. The molecule has 0 atom stereocenters. The van der Waals surface area contributed by atoms with Crippen molar-refractivity contribution < 1.29 is 4.79 Å². The molecule has 0 radical (unpaired) electrons. The molecule has 0 aliphatic heterocycles. The zero-order valence-electron chi connectivity index (χ0n) is 9.27. The number of anilines is 2. The molecule has 0 saturated carbocycles. The second kappa shape index (κ2) is 4.97. The van der Waals surface area contributed by atoms with E-state index in [2.05, 4.69) is 10.3 Å². The van der Waals surface area contributed by atoms with Crippen LogP contribution < -0.4 is 5.32 Å². The van der Waals surface area contributed by atoms with Gasteiger partial charge in [-0.3, -0.25) is 9.78 Å². The van der Waals surface area contributed by atoms with Gasteiger partial charge in [-0.25, -0.2) is 0 Å². The van der Waals surface area contributed by atoms with E-state index >= 15 is 0 Å². The number of ketones is 1. The summed E-state index contributed by atoms with van der Waals surface area (Å²) < 4.78 is 0. The summed E-state index contributed by atoms with van der Waals surface area (Å²) in [5.74, 6) is -0.0123. The first-order valence-electron chi connectivity index (χ1n) is 5.14. The molecule has 1 heterocycles. The van der Waals surface area contributed by atoms with Crippen LogP contribution in [0.3, 0.4) is 0 Å². The molecule has 4 heteroatoms. The highest BCUT2D eigenvalue weighted by Gasteiger charge is 2.04. The number of hydrogen-bond donors (Lipinski definition) is 1. The van der Waals surface area contributed by atoms with Crippen LogP contribution in [0.5, 0.6) is 0 Å². The highest BCUT2D eigenvalue weighted by Crippen LogP contribution is 2.22. The molecular weight excluding hydrogens is 236 g/mol. The fraction of sp³-hybridized carbons (Fsp3) is 0.0769. The van der Waals surface area contributed by atoms with Crippen LogP contribution in [0.4, 0.5) is 11.4 Å². The number of benzene rings is 1.